The minimum atomic E-state index is -0.0222. The fourth-order valence-electron chi connectivity index (χ4n) is 1.06. The van der Waals surface area contributed by atoms with E-state index in [2.05, 4.69) is 45.5 Å². The summed E-state index contributed by atoms with van der Waals surface area (Å²) < 4.78 is 4.41. The van der Waals surface area contributed by atoms with Crippen LogP contribution in [0.4, 0.5) is 0 Å². The fourth-order valence-corrected chi connectivity index (χ4v) is 2.59. The molecule has 92 valence electrons. The van der Waals surface area contributed by atoms with Crippen LogP contribution in [0.1, 0.15) is 32.3 Å². The van der Waals surface area contributed by atoms with Crippen LogP contribution in [0.15, 0.2) is 5.16 Å². The standard InChI is InChI=1S/C9H12ClN5S2/c1-9(2,3)7-11-8(14-13-7)16-4-5-6(10)17-15-12-5/h4H2,1-3H3,(H,11,13,14). The van der Waals surface area contributed by atoms with Crippen LogP contribution in [-0.2, 0) is 11.2 Å². The Morgan fingerprint density at radius 3 is 2.71 bits per heavy atom. The molecule has 5 nitrogen and oxygen atoms in total. The highest BCUT2D eigenvalue weighted by atomic mass is 35.5. The summed E-state index contributed by atoms with van der Waals surface area (Å²) in [5.41, 5.74) is 0.759. The molecule has 0 aliphatic rings. The van der Waals surface area contributed by atoms with Crippen molar-refractivity contribution in [3.8, 4) is 0 Å². The van der Waals surface area contributed by atoms with Gasteiger partial charge in [-0.05, 0) is 0 Å². The van der Waals surface area contributed by atoms with E-state index in [9.17, 15) is 0 Å². The Bertz CT molecular complexity index is 501. The average Bonchev–Trinajstić information content (AvgIpc) is 2.82. The van der Waals surface area contributed by atoms with Gasteiger partial charge in [0.1, 0.15) is 15.9 Å². The van der Waals surface area contributed by atoms with Crippen molar-refractivity contribution in [2.24, 2.45) is 0 Å². The van der Waals surface area contributed by atoms with Crippen LogP contribution in [0.25, 0.3) is 0 Å². The maximum atomic E-state index is 5.92. The Morgan fingerprint density at radius 2 is 2.18 bits per heavy atom. The Hall–Kier alpha value is -0.660. The summed E-state index contributed by atoms with van der Waals surface area (Å²) in [4.78, 5) is 4.42. The molecule has 2 aromatic heterocycles. The van der Waals surface area contributed by atoms with Gasteiger partial charge in [-0.1, -0.05) is 48.6 Å². The van der Waals surface area contributed by atoms with Crippen molar-refractivity contribution >= 4 is 34.9 Å². The zero-order valence-electron chi connectivity index (χ0n) is 9.69. The van der Waals surface area contributed by atoms with Crippen molar-refractivity contribution in [3.63, 3.8) is 0 Å². The molecule has 0 bridgehead atoms. The first-order chi connectivity index (χ1) is 7.97. The fraction of sp³-hybridized carbons (Fsp3) is 0.556. The maximum absolute atomic E-state index is 5.92. The monoisotopic (exact) mass is 289 g/mol. The van der Waals surface area contributed by atoms with E-state index in [0.717, 1.165) is 11.5 Å². The molecule has 1 N–H and O–H groups in total. The van der Waals surface area contributed by atoms with Gasteiger partial charge in [-0.15, -0.1) is 10.2 Å². The Kier molecular flexibility index (Phi) is 3.70. The minimum Gasteiger partial charge on any atom is -0.262 e. The smallest absolute Gasteiger partial charge is 0.208 e. The summed E-state index contributed by atoms with van der Waals surface area (Å²) in [5, 5.41) is 11.7. The summed E-state index contributed by atoms with van der Waals surface area (Å²) in [6.07, 6.45) is 0. The number of nitrogens with one attached hydrogen (secondary N) is 1. The molecule has 8 heteroatoms. The third-order valence-electron chi connectivity index (χ3n) is 2.02. The molecule has 0 unspecified atom stereocenters. The third-order valence-corrected chi connectivity index (χ3v) is 3.87. The van der Waals surface area contributed by atoms with Gasteiger partial charge in [0.25, 0.3) is 0 Å². The molecule has 0 aromatic carbocycles. The first kappa shape index (κ1) is 12.8. The number of H-pyrrole nitrogens is 1. The van der Waals surface area contributed by atoms with E-state index in [1.165, 1.54) is 23.3 Å². The van der Waals surface area contributed by atoms with Crippen LogP contribution in [0.5, 0.6) is 0 Å². The molecule has 0 saturated carbocycles. The lowest BCUT2D eigenvalue weighted by Gasteiger charge is -2.12. The van der Waals surface area contributed by atoms with Gasteiger partial charge in [-0.3, -0.25) is 5.10 Å². The molecule has 0 radical (unpaired) electrons. The van der Waals surface area contributed by atoms with E-state index in [1.807, 2.05) is 0 Å². The Morgan fingerprint density at radius 1 is 1.41 bits per heavy atom. The van der Waals surface area contributed by atoms with Crippen LogP contribution in [-0.4, -0.2) is 24.8 Å². The number of hydrogen-bond donors (Lipinski definition) is 1. The van der Waals surface area contributed by atoms with Crippen molar-refractivity contribution in [3.05, 3.63) is 15.9 Å². The predicted octanol–water partition coefficient (Wildman–Crippen LogP) is 2.90. The van der Waals surface area contributed by atoms with E-state index in [0.29, 0.717) is 15.2 Å². The number of rotatable bonds is 3. The van der Waals surface area contributed by atoms with Crippen molar-refractivity contribution in [1.29, 1.82) is 0 Å². The SMILES string of the molecule is CC(C)(C)c1nc(SCc2nnsc2Cl)n[nH]1. The van der Waals surface area contributed by atoms with Crippen LogP contribution in [0.2, 0.25) is 4.34 Å². The van der Waals surface area contributed by atoms with Gasteiger partial charge < -0.3 is 0 Å². The van der Waals surface area contributed by atoms with Crippen molar-refractivity contribution < 1.29 is 0 Å². The first-order valence-electron chi connectivity index (χ1n) is 4.99. The second kappa shape index (κ2) is 4.91. The number of halogens is 1. The molecule has 2 rings (SSSR count). The van der Waals surface area contributed by atoms with Crippen LogP contribution < -0.4 is 0 Å². The van der Waals surface area contributed by atoms with Gasteiger partial charge in [-0.2, -0.15) is 0 Å². The van der Waals surface area contributed by atoms with Gasteiger partial charge in [-0.25, -0.2) is 4.98 Å². The lowest BCUT2D eigenvalue weighted by atomic mass is 9.96. The van der Waals surface area contributed by atoms with Crippen molar-refractivity contribution in [2.45, 2.75) is 37.1 Å². The molecule has 0 fully saturated rings. The highest BCUT2D eigenvalue weighted by molar-refractivity contribution is 7.98. The molecule has 0 amide bonds. The molecule has 2 heterocycles. The number of hydrogen-bond acceptors (Lipinski definition) is 6. The zero-order valence-corrected chi connectivity index (χ0v) is 12.1. The first-order valence-corrected chi connectivity index (χ1v) is 7.13. The topological polar surface area (TPSA) is 67.3 Å². The number of thioether (sulfide) groups is 1. The highest BCUT2D eigenvalue weighted by Crippen LogP contribution is 2.26. The van der Waals surface area contributed by atoms with E-state index < -0.39 is 0 Å². The van der Waals surface area contributed by atoms with E-state index >= 15 is 0 Å². The van der Waals surface area contributed by atoms with Crippen molar-refractivity contribution in [1.82, 2.24) is 24.8 Å². The van der Waals surface area contributed by atoms with Crippen LogP contribution in [0.3, 0.4) is 0 Å². The molecular weight excluding hydrogens is 278 g/mol. The van der Waals surface area contributed by atoms with Gasteiger partial charge in [0, 0.05) is 22.7 Å². The molecule has 17 heavy (non-hydrogen) atoms. The second-order valence-electron chi connectivity index (χ2n) is 4.50. The molecule has 0 aliphatic heterocycles. The summed E-state index contributed by atoms with van der Waals surface area (Å²) >= 11 is 8.60. The predicted molar refractivity (Wildman–Crippen MR) is 69.6 cm³/mol. The van der Waals surface area contributed by atoms with Gasteiger partial charge in [0.15, 0.2) is 0 Å². The van der Waals surface area contributed by atoms with Crippen molar-refractivity contribution in [2.75, 3.05) is 0 Å². The summed E-state index contributed by atoms with van der Waals surface area (Å²) in [7, 11) is 0. The highest BCUT2D eigenvalue weighted by Gasteiger charge is 2.19. The summed E-state index contributed by atoms with van der Waals surface area (Å²) in [6, 6.07) is 0. The van der Waals surface area contributed by atoms with E-state index in [1.54, 1.807) is 0 Å². The maximum Gasteiger partial charge on any atom is 0.208 e. The number of nitrogens with zero attached hydrogens (tertiary/aromatic N) is 4. The Balaban J connectivity index is 2.01. The second-order valence-corrected chi connectivity index (χ2v) is 6.80. The lowest BCUT2D eigenvalue weighted by molar-refractivity contribution is 0.547. The number of aromatic nitrogens is 5. The molecule has 0 spiro atoms. The quantitative estimate of drug-likeness (QED) is 0.880. The lowest BCUT2D eigenvalue weighted by Crippen LogP contribution is -2.13. The average molecular weight is 290 g/mol. The number of aromatic amines is 1. The van der Waals surface area contributed by atoms with Crippen LogP contribution in [0, 0.1) is 0 Å². The molecule has 0 aliphatic carbocycles. The normalized spacial score (nSPS) is 12.0. The molecule has 2 aromatic rings. The van der Waals surface area contributed by atoms with E-state index in [-0.39, 0.29) is 5.41 Å². The Labute approximate surface area is 113 Å². The molecular formula is C9H12ClN5S2. The molecule has 0 atom stereocenters. The minimum absolute atomic E-state index is 0.0222. The summed E-state index contributed by atoms with van der Waals surface area (Å²) in [6.45, 7) is 6.26. The van der Waals surface area contributed by atoms with Gasteiger partial charge >= 0.3 is 0 Å². The summed E-state index contributed by atoms with van der Waals surface area (Å²) in [5.74, 6) is 1.51. The van der Waals surface area contributed by atoms with Gasteiger partial charge in [0.2, 0.25) is 5.16 Å². The third kappa shape index (κ3) is 3.17. The molecule has 0 saturated heterocycles. The largest absolute Gasteiger partial charge is 0.262 e. The zero-order chi connectivity index (χ0) is 12.5. The van der Waals surface area contributed by atoms with Gasteiger partial charge in [0.05, 0.1) is 0 Å². The van der Waals surface area contributed by atoms with Crippen LogP contribution >= 0.6 is 34.9 Å². The van der Waals surface area contributed by atoms with E-state index in [4.69, 9.17) is 11.6 Å².